The molecule has 0 aliphatic carbocycles. The van der Waals surface area contributed by atoms with Gasteiger partial charge in [0.05, 0.1) is 0 Å². The molecule has 0 radical (unpaired) electrons. The van der Waals surface area contributed by atoms with Gasteiger partial charge in [0.2, 0.25) is 0 Å². The van der Waals surface area contributed by atoms with Crippen molar-refractivity contribution in [1.29, 1.82) is 0 Å². The fraction of sp³-hybridized carbons (Fsp3) is 0.600. The van der Waals surface area contributed by atoms with E-state index in [1.54, 1.807) is 12.1 Å². The molecular weight excluding hydrogens is 249 g/mol. The number of hydrogen-bond donors (Lipinski definition) is 1. The Balaban J connectivity index is 2.48. The molecule has 1 fully saturated rings. The lowest BCUT2D eigenvalue weighted by atomic mass is 9.76. The van der Waals surface area contributed by atoms with Crippen molar-refractivity contribution in [3.05, 3.63) is 34.6 Å². The minimum absolute atomic E-state index is 0.185. The summed E-state index contributed by atoms with van der Waals surface area (Å²) in [6.07, 6.45) is 4.60. The molecule has 1 atom stereocenters. The lowest BCUT2D eigenvalue weighted by Crippen LogP contribution is -2.46. The second kappa shape index (κ2) is 5.58. The molecule has 1 aromatic carbocycles. The smallest absolute Gasteiger partial charge is 0.123 e. The van der Waals surface area contributed by atoms with Crippen LogP contribution in [0.15, 0.2) is 18.2 Å². The van der Waals surface area contributed by atoms with Gasteiger partial charge in [-0.2, -0.15) is 0 Å². The van der Waals surface area contributed by atoms with Crippen molar-refractivity contribution in [2.75, 3.05) is 6.54 Å². The third-order valence-corrected chi connectivity index (χ3v) is 4.41. The number of halogens is 2. The minimum Gasteiger partial charge on any atom is -0.307 e. The Morgan fingerprint density at radius 3 is 2.78 bits per heavy atom. The Morgan fingerprint density at radius 2 is 2.06 bits per heavy atom. The molecule has 0 bridgehead atoms. The summed E-state index contributed by atoms with van der Waals surface area (Å²) in [7, 11) is 0. The fourth-order valence-electron chi connectivity index (χ4n) is 2.98. The molecule has 0 spiro atoms. The molecule has 2 rings (SSSR count). The van der Waals surface area contributed by atoms with Crippen molar-refractivity contribution in [3.8, 4) is 0 Å². The highest BCUT2D eigenvalue weighted by molar-refractivity contribution is 6.31. The fourth-order valence-corrected chi connectivity index (χ4v) is 3.26. The first-order valence-corrected chi connectivity index (χ1v) is 7.14. The van der Waals surface area contributed by atoms with E-state index in [1.807, 2.05) is 0 Å². The number of rotatable bonds is 2. The van der Waals surface area contributed by atoms with E-state index in [0.29, 0.717) is 10.9 Å². The molecule has 1 N–H and O–H groups in total. The second-order valence-corrected chi connectivity index (χ2v) is 5.89. The highest BCUT2D eigenvalue weighted by Crippen LogP contribution is 2.40. The average Bonchev–Trinajstić information content (AvgIpc) is 2.58. The van der Waals surface area contributed by atoms with Gasteiger partial charge in [0, 0.05) is 10.6 Å². The Kier molecular flexibility index (Phi) is 4.29. The first-order chi connectivity index (χ1) is 8.56. The van der Waals surface area contributed by atoms with E-state index in [0.717, 1.165) is 24.9 Å². The third-order valence-electron chi connectivity index (χ3n) is 4.08. The maximum atomic E-state index is 13.6. The lowest BCUT2D eigenvalue weighted by molar-refractivity contribution is 0.230. The molecule has 1 unspecified atom stereocenters. The zero-order valence-corrected chi connectivity index (χ0v) is 11.9. The predicted octanol–water partition coefficient (Wildman–Crippen LogP) is 4.49. The molecule has 1 heterocycles. The van der Waals surface area contributed by atoms with Crippen LogP contribution >= 0.6 is 11.6 Å². The second-order valence-electron chi connectivity index (χ2n) is 5.49. The van der Waals surface area contributed by atoms with Gasteiger partial charge in [0.25, 0.3) is 0 Å². The van der Waals surface area contributed by atoms with Crippen molar-refractivity contribution < 1.29 is 4.39 Å². The van der Waals surface area contributed by atoms with Crippen LogP contribution in [0.3, 0.4) is 0 Å². The van der Waals surface area contributed by atoms with Crippen molar-refractivity contribution in [2.45, 2.75) is 45.1 Å². The number of hydrogen-bond acceptors (Lipinski definition) is 1. The minimum atomic E-state index is -0.208. The first kappa shape index (κ1) is 13.8. The third kappa shape index (κ3) is 2.55. The molecule has 1 saturated heterocycles. The summed E-state index contributed by atoms with van der Waals surface area (Å²) < 4.78 is 13.6. The van der Waals surface area contributed by atoms with E-state index in [4.69, 9.17) is 11.6 Å². The molecule has 0 aromatic heterocycles. The van der Waals surface area contributed by atoms with Crippen LogP contribution in [-0.4, -0.2) is 6.54 Å². The summed E-state index contributed by atoms with van der Waals surface area (Å²) in [5, 5.41) is 4.29. The van der Waals surface area contributed by atoms with Gasteiger partial charge in [-0.15, -0.1) is 0 Å². The van der Waals surface area contributed by atoms with Crippen LogP contribution in [0.2, 0.25) is 5.02 Å². The lowest BCUT2D eigenvalue weighted by Gasteiger charge is -2.39. The van der Waals surface area contributed by atoms with E-state index >= 15 is 0 Å². The van der Waals surface area contributed by atoms with E-state index in [2.05, 4.69) is 19.2 Å². The van der Waals surface area contributed by atoms with E-state index in [9.17, 15) is 4.39 Å². The first-order valence-electron chi connectivity index (χ1n) is 6.77. The van der Waals surface area contributed by atoms with Gasteiger partial charge in [-0.25, -0.2) is 4.39 Å². The standard InChI is InChI=1S/C15H21ClFN/c1-11(2)15(8-4-3-5-9-18-15)13-10-12(17)6-7-14(13)16/h6-7,10-11,18H,3-5,8-9H2,1-2H3. The summed E-state index contributed by atoms with van der Waals surface area (Å²) in [5.41, 5.74) is 0.733. The molecule has 0 amide bonds. The SMILES string of the molecule is CC(C)C1(c2cc(F)ccc2Cl)CCCCCN1. The highest BCUT2D eigenvalue weighted by Gasteiger charge is 2.37. The molecule has 1 aliphatic rings. The topological polar surface area (TPSA) is 12.0 Å². The van der Waals surface area contributed by atoms with Crippen LogP contribution in [0.5, 0.6) is 0 Å². The van der Waals surface area contributed by atoms with Crippen LogP contribution < -0.4 is 5.32 Å². The molecule has 3 heteroatoms. The van der Waals surface area contributed by atoms with E-state index < -0.39 is 0 Å². The number of benzene rings is 1. The quantitative estimate of drug-likeness (QED) is 0.834. The van der Waals surface area contributed by atoms with Crippen molar-refractivity contribution in [2.24, 2.45) is 5.92 Å². The normalized spacial score (nSPS) is 25.2. The van der Waals surface area contributed by atoms with Gasteiger partial charge in [-0.05, 0) is 49.1 Å². The van der Waals surface area contributed by atoms with Gasteiger partial charge in [0.1, 0.15) is 5.82 Å². The summed E-state index contributed by atoms with van der Waals surface area (Å²) in [5.74, 6) is 0.176. The highest BCUT2D eigenvalue weighted by atomic mass is 35.5. The maximum absolute atomic E-state index is 13.6. The summed E-state index contributed by atoms with van der Waals surface area (Å²) in [4.78, 5) is 0. The van der Waals surface area contributed by atoms with Crippen LogP contribution in [0.1, 0.15) is 45.1 Å². The molecule has 0 saturated carbocycles. The van der Waals surface area contributed by atoms with Gasteiger partial charge < -0.3 is 5.32 Å². The van der Waals surface area contributed by atoms with Gasteiger partial charge >= 0.3 is 0 Å². The Morgan fingerprint density at radius 1 is 1.28 bits per heavy atom. The molecule has 100 valence electrons. The maximum Gasteiger partial charge on any atom is 0.123 e. The molecule has 1 nitrogen and oxygen atoms in total. The van der Waals surface area contributed by atoms with Crippen LogP contribution in [0, 0.1) is 11.7 Å². The Bertz CT molecular complexity index is 409. The van der Waals surface area contributed by atoms with E-state index in [1.165, 1.54) is 18.9 Å². The van der Waals surface area contributed by atoms with E-state index in [-0.39, 0.29) is 11.4 Å². The summed E-state index contributed by atoms with van der Waals surface area (Å²) in [6.45, 7) is 5.34. The van der Waals surface area contributed by atoms with Crippen LogP contribution in [-0.2, 0) is 5.54 Å². The largest absolute Gasteiger partial charge is 0.307 e. The Hall–Kier alpha value is -0.600. The summed E-state index contributed by atoms with van der Waals surface area (Å²) >= 11 is 6.31. The predicted molar refractivity (Wildman–Crippen MR) is 74.4 cm³/mol. The number of nitrogens with one attached hydrogen (secondary N) is 1. The van der Waals surface area contributed by atoms with Crippen molar-refractivity contribution in [1.82, 2.24) is 5.32 Å². The molecule has 1 aliphatic heterocycles. The van der Waals surface area contributed by atoms with Gasteiger partial charge in [0.15, 0.2) is 0 Å². The summed E-state index contributed by atoms with van der Waals surface area (Å²) in [6, 6.07) is 4.69. The zero-order valence-electron chi connectivity index (χ0n) is 11.1. The zero-order chi connectivity index (χ0) is 13.2. The average molecular weight is 270 g/mol. The molecule has 18 heavy (non-hydrogen) atoms. The molecule has 1 aromatic rings. The monoisotopic (exact) mass is 269 g/mol. The van der Waals surface area contributed by atoms with Crippen molar-refractivity contribution in [3.63, 3.8) is 0 Å². The molecular formula is C15H21ClFN. The van der Waals surface area contributed by atoms with Gasteiger partial charge in [-0.3, -0.25) is 0 Å². The van der Waals surface area contributed by atoms with Crippen LogP contribution in [0.4, 0.5) is 4.39 Å². The van der Waals surface area contributed by atoms with Crippen molar-refractivity contribution >= 4 is 11.6 Å². The Labute approximate surface area is 114 Å². The van der Waals surface area contributed by atoms with Crippen LogP contribution in [0.25, 0.3) is 0 Å². The van der Waals surface area contributed by atoms with Gasteiger partial charge in [-0.1, -0.05) is 38.3 Å².